The fraction of sp³-hybridized carbons (Fsp3) is 0.0455. The summed E-state index contributed by atoms with van der Waals surface area (Å²) in [5.74, 6) is 0.906. The topological polar surface area (TPSA) is 55.6 Å². The van der Waals surface area contributed by atoms with E-state index in [2.05, 4.69) is 15.3 Å². The zero-order valence-corrected chi connectivity index (χ0v) is 15.1. The smallest absolute Gasteiger partial charge is 0.162 e. The summed E-state index contributed by atoms with van der Waals surface area (Å²) in [6.07, 6.45) is 5.55. The zero-order chi connectivity index (χ0) is 19.1. The Kier molecular flexibility index (Phi) is 3.76. The summed E-state index contributed by atoms with van der Waals surface area (Å²) < 4.78 is 15.8. The summed E-state index contributed by atoms with van der Waals surface area (Å²) >= 11 is 0. The minimum Gasteiger partial charge on any atom is -0.388 e. The van der Waals surface area contributed by atoms with Crippen molar-refractivity contribution in [3.8, 4) is 17.2 Å². The van der Waals surface area contributed by atoms with E-state index in [1.54, 1.807) is 12.3 Å². The van der Waals surface area contributed by atoms with Crippen molar-refractivity contribution in [2.45, 2.75) is 0 Å². The largest absolute Gasteiger partial charge is 0.388 e. The van der Waals surface area contributed by atoms with Gasteiger partial charge in [-0.15, -0.1) is 0 Å². The van der Waals surface area contributed by atoms with Gasteiger partial charge in [-0.1, -0.05) is 12.1 Å². The fourth-order valence-corrected chi connectivity index (χ4v) is 3.38. The molecular formula is C22H16FN5. The van der Waals surface area contributed by atoms with Gasteiger partial charge in [0.15, 0.2) is 5.82 Å². The van der Waals surface area contributed by atoms with Crippen molar-refractivity contribution in [3.05, 3.63) is 79.0 Å². The van der Waals surface area contributed by atoms with Crippen molar-refractivity contribution in [1.29, 1.82) is 0 Å². The standard InChI is InChI=1S/C22H16FN5/c1-24-17-5-6-19-18(12-17)22(28-10-8-15-13-25-9-7-20(15)28)27-21(26-19)14-3-2-4-16(23)11-14/h2-13,24H,1H3. The number of anilines is 1. The average molecular weight is 369 g/mol. The fourth-order valence-electron chi connectivity index (χ4n) is 3.38. The van der Waals surface area contributed by atoms with Gasteiger partial charge in [-0.05, 0) is 42.5 Å². The quantitative estimate of drug-likeness (QED) is 0.496. The van der Waals surface area contributed by atoms with E-state index in [0.717, 1.165) is 33.3 Å². The van der Waals surface area contributed by atoms with Crippen LogP contribution in [0.2, 0.25) is 0 Å². The lowest BCUT2D eigenvalue weighted by Gasteiger charge is -2.12. The van der Waals surface area contributed by atoms with Gasteiger partial charge in [0.1, 0.15) is 11.6 Å². The molecule has 1 N–H and O–H groups in total. The first-order valence-electron chi connectivity index (χ1n) is 8.90. The molecule has 0 amide bonds. The molecule has 0 bridgehead atoms. The van der Waals surface area contributed by atoms with Crippen molar-refractivity contribution in [3.63, 3.8) is 0 Å². The molecule has 5 nitrogen and oxygen atoms in total. The average Bonchev–Trinajstić information content (AvgIpc) is 3.16. The van der Waals surface area contributed by atoms with E-state index in [0.29, 0.717) is 11.4 Å². The van der Waals surface area contributed by atoms with Crippen LogP contribution in [-0.2, 0) is 0 Å². The number of hydrogen-bond acceptors (Lipinski definition) is 4. The van der Waals surface area contributed by atoms with Crippen LogP contribution in [0.4, 0.5) is 10.1 Å². The molecule has 136 valence electrons. The highest BCUT2D eigenvalue weighted by Crippen LogP contribution is 2.29. The van der Waals surface area contributed by atoms with Crippen LogP contribution in [0.3, 0.4) is 0 Å². The Balaban J connectivity index is 1.84. The monoisotopic (exact) mass is 369 g/mol. The predicted molar refractivity (Wildman–Crippen MR) is 109 cm³/mol. The van der Waals surface area contributed by atoms with Crippen molar-refractivity contribution < 1.29 is 4.39 Å². The van der Waals surface area contributed by atoms with Crippen LogP contribution in [0.5, 0.6) is 0 Å². The highest BCUT2D eigenvalue weighted by atomic mass is 19.1. The van der Waals surface area contributed by atoms with Crippen molar-refractivity contribution >= 4 is 27.5 Å². The predicted octanol–water partition coefficient (Wildman–Crippen LogP) is 4.82. The normalized spacial score (nSPS) is 11.2. The van der Waals surface area contributed by atoms with Gasteiger partial charge in [0.05, 0.1) is 11.0 Å². The van der Waals surface area contributed by atoms with E-state index >= 15 is 0 Å². The Morgan fingerprint density at radius 2 is 1.93 bits per heavy atom. The van der Waals surface area contributed by atoms with Gasteiger partial charge in [0.2, 0.25) is 0 Å². The second-order valence-corrected chi connectivity index (χ2v) is 6.48. The lowest BCUT2D eigenvalue weighted by Crippen LogP contribution is -2.02. The van der Waals surface area contributed by atoms with Gasteiger partial charge in [-0.2, -0.15) is 0 Å². The molecule has 0 fully saturated rings. The van der Waals surface area contributed by atoms with Gasteiger partial charge >= 0.3 is 0 Å². The van der Waals surface area contributed by atoms with E-state index in [9.17, 15) is 4.39 Å². The molecule has 2 aromatic carbocycles. The summed E-state index contributed by atoms with van der Waals surface area (Å²) in [5.41, 5.74) is 3.39. The zero-order valence-electron chi connectivity index (χ0n) is 15.1. The Labute approximate surface area is 160 Å². The van der Waals surface area contributed by atoms with Crippen molar-refractivity contribution in [2.75, 3.05) is 12.4 Å². The van der Waals surface area contributed by atoms with Crippen LogP contribution < -0.4 is 5.32 Å². The third kappa shape index (κ3) is 2.66. The van der Waals surface area contributed by atoms with E-state index in [4.69, 9.17) is 4.98 Å². The number of nitrogens with one attached hydrogen (secondary N) is 1. The van der Waals surface area contributed by atoms with E-state index in [1.165, 1.54) is 12.1 Å². The van der Waals surface area contributed by atoms with Crippen molar-refractivity contribution in [2.24, 2.45) is 0 Å². The molecule has 3 heterocycles. The third-order valence-corrected chi connectivity index (χ3v) is 4.77. The highest BCUT2D eigenvalue weighted by Gasteiger charge is 2.14. The molecule has 0 atom stereocenters. The number of fused-ring (bicyclic) bond motifs is 2. The van der Waals surface area contributed by atoms with Gasteiger partial charge in [-0.25, -0.2) is 14.4 Å². The van der Waals surface area contributed by atoms with Crippen LogP contribution >= 0.6 is 0 Å². The van der Waals surface area contributed by atoms with Gasteiger partial charge in [0.25, 0.3) is 0 Å². The molecule has 0 unspecified atom stereocenters. The highest BCUT2D eigenvalue weighted by molar-refractivity contribution is 5.92. The molecule has 0 saturated heterocycles. The molecule has 5 aromatic rings. The second-order valence-electron chi connectivity index (χ2n) is 6.48. The van der Waals surface area contributed by atoms with Crippen LogP contribution in [0, 0.1) is 5.82 Å². The number of hydrogen-bond donors (Lipinski definition) is 1. The first-order chi connectivity index (χ1) is 13.7. The van der Waals surface area contributed by atoms with Gasteiger partial charge in [0, 0.05) is 47.7 Å². The maximum atomic E-state index is 13.8. The molecule has 5 rings (SSSR count). The van der Waals surface area contributed by atoms with Gasteiger partial charge < -0.3 is 9.88 Å². The number of rotatable bonds is 3. The van der Waals surface area contributed by atoms with Crippen LogP contribution in [0.25, 0.3) is 39.0 Å². The lowest BCUT2D eigenvalue weighted by molar-refractivity contribution is 0.628. The summed E-state index contributed by atoms with van der Waals surface area (Å²) in [6, 6.07) is 16.2. The molecule has 0 aliphatic rings. The second kappa shape index (κ2) is 6.42. The SMILES string of the molecule is CNc1ccc2nc(-c3cccc(F)c3)nc(-n3ccc4cnccc43)c2c1. The van der Waals surface area contributed by atoms with E-state index < -0.39 is 0 Å². The molecular weight excluding hydrogens is 353 g/mol. The first kappa shape index (κ1) is 16.4. The molecule has 0 saturated carbocycles. The first-order valence-corrected chi connectivity index (χ1v) is 8.90. The third-order valence-electron chi connectivity index (χ3n) is 4.77. The number of aromatic nitrogens is 4. The molecule has 6 heteroatoms. The van der Waals surface area contributed by atoms with E-state index in [1.807, 2.05) is 60.4 Å². The van der Waals surface area contributed by atoms with Crippen LogP contribution in [0.1, 0.15) is 0 Å². The van der Waals surface area contributed by atoms with Crippen LogP contribution in [0.15, 0.2) is 73.2 Å². The maximum Gasteiger partial charge on any atom is 0.162 e. The summed E-state index contributed by atoms with van der Waals surface area (Å²) in [6.45, 7) is 0. The Bertz CT molecular complexity index is 1330. The Morgan fingerprint density at radius 1 is 1.00 bits per heavy atom. The summed E-state index contributed by atoms with van der Waals surface area (Å²) in [5, 5.41) is 5.08. The summed E-state index contributed by atoms with van der Waals surface area (Å²) in [4.78, 5) is 13.7. The summed E-state index contributed by atoms with van der Waals surface area (Å²) in [7, 11) is 1.87. The molecule has 0 aliphatic heterocycles. The Morgan fingerprint density at radius 3 is 2.79 bits per heavy atom. The number of halogens is 1. The van der Waals surface area contributed by atoms with Gasteiger partial charge in [-0.3, -0.25) is 4.98 Å². The number of benzene rings is 2. The lowest BCUT2D eigenvalue weighted by atomic mass is 10.1. The number of pyridine rings is 1. The Hall–Kier alpha value is -3.80. The molecule has 28 heavy (non-hydrogen) atoms. The maximum absolute atomic E-state index is 13.8. The minimum atomic E-state index is -0.314. The molecule has 3 aromatic heterocycles. The van der Waals surface area contributed by atoms with E-state index in [-0.39, 0.29) is 5.82 Å². The minimum absolute atomic E-state index is 0.314. The molecule has 0 radical (unpaired) electrons. The molecule has 0 spiro atoms. The van der Waals surface area contributed by atoms with Crippen LogP contribution in [-0.4, -0.2) is 26.6 Å². The number of nitrogens with zero attached hydrogens (tertiary/aromatic N) is 4. The van der Waals surface area contributed by atoms with Crippen molar-refractivity contribution in [1.82, 2.24) is 19.5 Å². The molecule has 0 aliphatic carbocycles.